The molecule has 1 aromatic heterocycles. The molecule has 23 heavy (non-hydrogen) atoms. The van der Waals surface area contributed by atoms with Crippen molar-refractivity contribution in [2.75, 3.05) is 6.54 Å². The van der Waals surface area contributed by atoms with E-state index in [1.54, 1.807) is 0 Å². The minimum Gasteiger partial charge on any atom is -0.452 e. The van der Waals surface area contributed by atoms with Crippen molar-refractivity contribution in [2.45, 2.75) is 59.2 Å². The number of hydrogen-bond donors (Lipinski definition) is 2. The van der Waals surface area contributed by atoms with Crippen molar-refractivity contribution in [1.82, 2.24) is 10.6 Å². The lowest BCUT2D eigenvalue weighted by molar-refractivity contribution is 0.0502. The molecule has 1 aromatic rings. The first-order chi connectivity index (χ1) is 10.4. The number of amides is 1. The Labute approximate surface area is 155 Å². The van der Waals surface area contributed by atoms with Gasteiger partial charge in [-0.1, -0.05) is 13.8 Å². The van der Waals surface area contributed by atoms with E-state index < -0.39 is 11.7 Å². The zero-order valence-corrected chi connectivity index (χ0v) is 17.7. The van der Waals surface area contributed by atoms with Gasteiger partial charge >= 0.3 is 6.09 Å². The van der Waals surface area contributed by atoms with E-state index >= 15 is 0 Å². The first kappa shape index (κ1) is 20.5. The zero-order valence-electron chi connectivity index (χ0n) is 14.5. The number of alkyl carbamates (subject to hydrolysis) is 1. The molecule has 2 N–H and O–H groups in total. The molecule has 0 aliphatic carbocycles. The van der Waals surface area contributed by atoms with Gasteiger partial charge in [-0.25, -0.2) is 4.79 Å². The lowest BCUT2D eigenvalue weighted by Gasteiger charge is -2.35. The van der Waals surface area contributed by atoms with Crippen LogP contribution in [-0.2, 0) is 11.3 Å². The standard InChI is InChI=1S/C16H26Br2N2O3/c1-10(2)16(6,9-19-14(21)23-15(3,4)5)20-8-11-7-12(17)13(18)22-11/h7,10,20H,8-9H2,1-6H3,(H,19,21). The Balaban J connectivity index is 2.62. The Morgan fingerprint density at radius 2 is 1.91 bits per heavy atom. The van der Waals surface area contributed by atoms with Crippen molar-refractivity contribution in [2.24, 2.45) is 5.92 Å². The number of ether oxygens (including phenoxy) is 1. The molecule has 0 bridgehead atoms. The van der Waals surface area contributed by atoms with Crippen LogP contribution in [0.25, 0.3) is 0 Å². The van der Waals surface area contributed by atoms with E-state index in [4.69, 9.17) is 9.15 Å². The molecular formula is C16H26Br2N2O3. The summed E-state index contributed by atoms with van der Waals surface area (Å²) in [5, 5.41) is 6.31. The number of nitrogens with one attached hydrogen (secondary N) is 2. The SMILES string of the molecule is CC(C)C(C)(CNC(=O)OC(C)(C)C)NCc1cc(Br)c(Br)o1. The van der Waals surface area contributed by atoms with Crippen LogP contribution < -0.4 is 10.6 Å². The van der Waals surface area contributed by atoms with Gasteiger partial charge in [0, 0.05) is 12.1 Å². The Hall–Kier alpha value is -0.530. The van der Waals surface area contributed by atoms with Gasteiger partial charge in [0.15, 0.2) is 4.67 Å². The van der Waals surface area contributed by atoms with E-state index in [1.165, 1.54) is 0 Å². The summed E-state index contributed by atoms with van der Waals surface area (Å²) in [4.78, 5) is 11.9. The van der Waals surface area contributed by atoms with Gasteiger partial charge in [-0.05, 0) is 71.5 Å². The van der Waals surface area contributed by atoms with Crippen LogP contribution in [0.15, 0.2) is 19.6 Å². The summed E-state index contributed by atoms with van der Waals surface area (Å²) in [5.74, 6) is 1.12. The molecule has 1 amide bonds. The first-order valence-electron chi connectivity index (χ1n) is 7.58. The fourth-order valence-corrected chi connectivity index (χ4v) is 2.47. The highest BCUT2D eigenvalue weighted by Gasteiger charge is 2.29. The third-order valence-corrected chi connectivity index (χ3v) is 5.35. The van der Waals surface area contributed by atoms with E-state index in [9.17, 15) is 4.79 Å². The van der Waals surface area contributed by atoms with E-state index in [-0.39, 0.29) is 5.54 Å². The van der Waals surface area contributed by atoms with Crippen LogP contribution in [0.4, 0.5) is 4.79 Å². The van der Waals surface area contributed by atoms with Gasteiger partial charge < -0.3 is 19.8 Å². The van der Waals surface area contributed by atoms with Gasteiger partial charge in [-0.15, -0.1) is 0 Å². The summed E-state index contributed by atoms with van der Waals surface area (Å²) in [6.45, 7) is 12.9. The van der Waals surface area contributed by atoms with E-state index in [0.29, 0.717) is 23.7 Å². The molecule has 1 atom stereocenters. The molecule has 1 unspecified atom stereocenters. The predicted octanol–water partition coefficient (Wildman–Crippen LogP) is 4.83. The summed E-state index contributed by atoms with van der Waals surface area (Å²) in [7, 11) is 0. The highest BCUT2D eigenvalue weighted by Crippen LogP contribution is 2.27. The van der Waals surface area contributed by atoms with Gasteiger partial charge in [0.2, 0.25) is 0 Å². The summed E-state index contributed by atoms with van der Waals surface area (Å²) in [6.07, 6.45) is -0.408. The number of rotatable bonds is 6. The third-order valence-electron chi connectivity index (χ3n) is 3.64. The molecule has 0 spiro atoms. The van der Waals surface area contributed by atoms with Crippen molar-refractivity contribution in [3.63, 3.8) is 0 Å². The van der Waals surface area contributed by atoms with Crippen LogP contribution in [0, 0.1) is 5.92 Å². The number of furan rings is 1. The Morgan fingerprint density at radius 1 is 1.30 bits per heavy atom. The molecule has 7 heteroatoms. The van der Waals surface area contributed by atoms with Crippen molar-refractivity contribution >= 4 is 38.0 Å². The lowest BCUT2D eigenvalue weighted by Crippen LogP contribution is -2.55. The smallest absolute Gasteiger partial charge is 0.407 e. The second kappa shape index (κ2) is 8.03. The van der Waals surface area contributed by atoms with Crippen molar-refractivity contribution in [1.29, 1.82) is 0 Å². The molecule has 0 saturated heterocycles. The van der Waals surface area contributed by atoms with E-state index in [1.807, 2.05) is 26.8 Å². The fourth-order valence-electron chi connectivity index (χ4n) is 1.81. The molecule has 5 nitrogen and oxygen atoms in total. The topological polar surface area (TPSA) is 63.5 Å². The fraction of sp³-hybridized carbons (Fsp3) is 0.688. The van der Waals surface area contributed by atoms with Crippen LogP contribution in [0.5, 0.6) is 0 Å². The van der Waals surface area contributed by atoms with Crippen molar-refractivity contribution < 1.29 is 13.9 Å². The summed E-state index contributed by atoms with van der Waals surface area (Å²) in [6, 6.07) is 1.92. The third kappa shape index (κ3) is 6.85. The summed E-state index contributed by atoms with van der Waals surface area (Å²) < 4.78 is 12.4. The maximum Gasteiger partial charge on any atom is 0.407 e. The highest BCUT2D eigenvalue weighted by molar-refractivity contribution is 9.13. The molecule has 0 saturated carbocycles. The number of halogens is 2. The number of carbonyl (C=O) groups is 1. The molecule has 132 valence electrons. The Bertz CT molecular complexity index is 518. The maximum absolute atomic E-state index is 11.9. The Kier molecular flexibility index (Phi) is 7.16. The van der Waals surface area contributed by atoms with Gasteiger partial charge in [0.25, 0.3) is 0 Å². The molecular weight excluding hydrogens is 428 g/mol. The molecule has 1 rings (SSSR count). The van der Waals surface area contributed by atoms with Crippen LogP contribution in [0.2, 0.25) is 0 Å². The maximum atomic E-state index is 11.9. The minimum absolute atomic E-state index is 0.289. The minimum atomic E-state index is -0.502. The van der Waals surface area contributed by atoms with Gasteiger partial charge in [0.05, 0.1) is 11.0 Å². The normalized spacial score (nSPS) is 14.7. The summed E-state index contributed by atoms with van der Waals surface area (Å²) in [5.41, 5.74) is -0.791. The van der Waals surface area contributed by atoms with Crippen molar-refractivity contribution in [3.8, 4) is 0 Å². The number of hydrogen-bond acceptors (Lipinski definition) is 4. The van der Waals surface area contributed by atoms with Crippen LogP contribution >= 0.6 is 31.9 Å². The molecule has 0 aliphatic heterocycles. The van der Waals surface area contributed by atoms with Crippen LogP contribution in [0.1, 0.15) is 47.3 Å². The average Bonchev–Trinajstić information content (AvgIpc) is 2.71. The average molecular weight is 454 g/mol. The summed E-state index contributed by atoms with van der Waals surface area (Å²) >= 11 is 6.73. The molecule has 0 fully saturated rings. The van der Waals surface area contributed by atoms with Crippen LogP contribution in [0.3, 0.4) is 0 Å². The zero-order chi connectivity index (χ0) is 17.8. The first-order valence-corrected chi connectivity index (χ1v) is 9.17. The molecule has 0 aliphatic rings. The van der Waals surface area contributed by atoms with Crippen molar-refractivity contribution in [3.05, 3.63) is 21.0 Å². The quantitative estimate of drug-likeness (QED) is 0.647. The second-order valence-electron chi connectivity index (χ2n) is 7.12. The lowest BCUT2D eigenvalue weighted by atomic mass is 9.88. The largest absolute Gasteiger partial charge is 0.452 e. The van der Waals surface area contributed by atoms with E-state index in [0.717, 1.165) is 10.2 Å². The van der Waals surface area contributed by atoms with E-state index in [2.05, 4.69) is 63.3 Å². The van der Waals surface area contributed by atoms with Gasteiger partial charge in [-0.2, -0.15) is 0 Å². The predicted molar refractivity (Wildman–Crippen MR) is 98.4 cm³/mol. The molecule has 0 radical (unpaired) electrons. The highest BCUT2D eigenvalue weighted by atomic mass is 79.9. The second-order valence-corrected chi connectivity index (χ2v) is 8.69. The monoisotopic (exact) mass is 452 g/mol. The van der Waals surface area contributed by atoms with Crippen LogP contribution in [-0.4, -0.2) is 23.8 Å². The molecule has 1 heterocycles. The molecule has 0 aromatic carbocycles. The van der Waals surface area contributed by atoms with Gasteiger partial charge in [0.1, 0.15) is 11.4 Å². The Morgan fingerprint density at radius 3 is 2.35 bits per heavy atom. The van der Waals surface area contributed by atoms with Gasteiger partial charge in [-0.3, -0.25) is 0 Å². The number of carbonyl (C=O) groups excluding carboxylic acids is 1.